The molecule has 0 aliphatic heterocycles. The number of rotatable bonds is 6. The van der Waals surface area contributed by atoms with Gasteiger partial charge in [0.2, 0.25) is 0 Å². The maximum atomic E-state index is 10.1. The van der Waals surface area contributed by atoms with Crippen molar-refractivity contribution in [2.75, 3.05) is 0 Å². The number of allylic oxidation sites excluding steroid dienone is 6. The van der Waals surface area contributed by atoms with Crippen molar-refractivity contribution in [2.24, 2.45) is 27.8 Å². The molecule has 3 nitrogen and oxygen atoms in total. The van der Waals surface area contributed by atoms with E-state index >= 15 is 0 Å². The van der Waals surface area contributed by atoms with Crippen molar-refractivity contribution in [3.05, 3.63) is 47.1 Å². The average molecular weight is 440 g/mol. The second-order valence-electron chi connectivity index (χ2n) is 11.7. The maximum absolute atomic E-state index is 10.1. The van der Waals surface area contributed by atoms with E-state index < -0.39 is 0 Å². The number of hydrogen-bond donors (Lipinski definition) is 2. The molecule has 2 fully saturated rings. The number of oxime groups is 1. The summed E-state index contributed by atoms with van der Waals surface area (Å²) in [5.41, 5.74) is 6.77. The first-order valence-corrected chi connectivity index (χ1v) is 12.7. The summed E-state index contributed by atoms with van der Waals surface area (Å²) in [5.74, 6) is 1.17. The third-order valence-corrected chi connectivity index (χ3v) is 8.37. The van der Waals surface area contributed by atoms with Gasteiger partial charge in [0.1, 0.15) is 0 Å². The Bertz CT molecular complexity index is 823. The van der Waals surface area contributed by atoms with Gasteiger partial charge >= 0.3 is 0 Å². The topological polar surface area (TPSA) is 52.8 Å². The molecule has 0 heterocycles. The third-order valence-electron chi connectivity index (χ3n) is 8.37. The lowest BCUT2D eigenvalue weighted by molar-refractivity contribution is 0.158. The molecule has 0 aromatic rings. The standard InChI is InChI=1S/C29H45NO2/c1-20-12-15-24(31)19-23(20)14-13-22-10-8-18-29(6)25(16-17-26(22)29)21(2)9-7-11-27(30-32)28(3,4)5/h13-14,16,21,24,26,31-32H,1,7-12,15,17-19H2,2-6H3/b22-13+,23-14-,30-27+/t21-,24-,26?,29-/m1/s1. The second-order valence-corrected chi connectivity index (χ2v) is 11.7. The van der Waals surface area contributed by atoms with Gasteiger partial charge < -0.3 is 10.3 Å². The molecule has 3 aliphatic rings. The third kappa shape index (κ3) is 5.47. The minimum Gasteiger partial charge on any atom is -0.411 e. The van der Waals surface area contributed by atoms with E-state index in [0.717, 1.165) is 50.7 Å². The summed E-state index contributed by atoms with van der Waals surface area (Å²) >= 11 is 0. The van der Waals surface area contributed by atoms with Gasteiger partial charge in [0, 0.05) is 5.41 Å². The van der Waals surface area contributed by atoms with Crippen LogP contribution in [0.25, 0.3) is 0 Å². The summed E-state index contributed by atoms with van der Waals surface area (Å²) in [6.07, 6.45) is 17.4. The lowest BCUT2D eigenvalue weighted by Crippen LogP contribution is -2.32. The van der Waals surface area contributed by atoms with Crippen LogP contribution < -0.4 is 0 Å². The van der Waals surface area contributed by atoms with Crippen LogP contribution in [0.4, 0.5) is 0 Å². The molecule has 0 aromatic heterocycles. The van der Waals surface area contributed by atoms with Gasteiger partial charge in [-0.25, -0.2) is 0 Å². The fourth-order valence-electron chi connectivity index (χ4n) is 6.32. The van der Waals surface area contributed by atoms with Gasteiger partial charge in [-0.2, -0.15) is 0 Å². The number of nitrogens with zero attached hydrogens (tertiary/aromatic N) is 1. The van der Waals surface area contributed by atoms with E-state index in [1.165, 1.54) is 30.4 Å². The molecule has 0 amide bonds. The maximum Gasteiger partial charge on any atom is 0.0624 e. The van der Waals surface area contributed by atoms with Crippen LogP contribution in [0.1, 0.15) is 98.8 Å². The highest BCUT2D eigenvalue weighted by Gasteiger charge is 2.45. The Morgan fingerprint density at radius 2 is 2.06 bits per heavy atom. The molecule has 178 valence electrons. The first-order chi connectivity index (χ1) is 15.1. The van der Waals surface area contributed by atoms with Gasteiger partial charge in [0.15, 0.2) is 0 Å². The second kappa shape index (κ2) is 10.1. The van der Waals surface area contributed by atoms with Crippen molar-refractivity contribution >= 4 is 5.71 Å². The monoisotopic (exact) mass is 439 g/mol. The molecule has 1 unspecified atom stereocenters. The largest absolute Gasteiger partial charge is 0.411 e. The van der Waals surface area contributed by atoms with E-state index in [4.69, 9.17) is 0 Å². The summed E-state index contributed by atoms with van der Waals surface area (Å²) in [6, 6.07) is 0. The minimum atomic E-state index is -0.211. The Morgan fingerprint density at radius 1 is 1.31 bits per heavy atom. The molecule has 0 aromatic carbocycles. The van der Waals surface area contributed by atoms with Crippen LogP contribution in [0.2, 0.25) is 0 Å². The Morgan fingerprint density at radius 3 is 2.75 bits per heavy atom. The average Bonchev–Trinajstić information content (AvgIpc) is 3.08. The van der Waals surface area contributed by atoms with E-state index in [2.05, 4.69) is 64.6 Å². The molecule has 0 saturated heterocycles. The molecule has 3 heteroatoms. The van der Waals surface area contributed by atoms with Gasteiger partial charge in [-0.15, -0.1) is 0 Å². The van der Waals surface area contributed by atoms with Crippen molar-refractivity contribution in [2.45, 2.75) is 105 Å². The van der Waals surface area contributed by atoms with Gasteiger partial charge in [0.05, 0.1) is 11.8 Å². The fraction of sp³-hybridized carbons (Fsp3) is 0.690. The highest BCUT2D eigenvalue weighted by Crippen LogP contribution is 2.57. The Hall–Kier alpha value is -1.61. The Kier molecular flexibility index (Phi) is 7.91. The molecule has 3 aliphatic carbocycles. The van der Waals surface area contributed by atoms with Crippen molar-refractivity contribution < 1.29 is 10.3 Å². The normalized spacial score (nSPS) is 32.9. The highest BCUT2D eigenvalue weighted by molar-refractivity contribution is 5.88. The molecule has 2 saturated carbocycles. The van der Waals surface area contributed by atoms with E-state index in [-0.39, 0.29) is 16.9 Å². The smallest absolute Gasteiger partial charge is 0.0624 e. The minimum absolute atomic E-state index is 0.0705. The van der Waals surface area contributed by atoms with Crippen molar-refractivity contribution in [1.82, 2.24) is 0 Å². The van der Waals surface area contributed by atoms with E-state index in [0.29, 0.717) is 11.8 Å². The number of hydrogen-bond acceptors (Lipinski definition) is 3. The predicted molar refractivity (Wildman–Crippen MR) is 135 cm³/mol. The van der Waals surface area contributed by atoms with Crippen molar-refractivity contribution in [3.8, 4) is 0 Å². The van der Waals surface area contributed by atoms with Crippen LogP contribution in [0, 0.1) is 22.7 Å². The van der Waals surface area contributed by atoms with E-state index in [1.807, 2.05) is 0 Å². The number of fused-ring (bicyclic) bond motifs is 1. The van der Waals surface area contributed by atoms with Crippen LogP contribution in [-0.2, 0) is 0 Å². The molecule has 3 rings (SSSR count). The quantitative estimate of drug-likeness (QED) is 0.192. The first-order valence-electron chi connectivity index (χ1n) is 12.7. The van der Waals surface area contributed by atoms with Crippen LogP contribution in [0.15, 0.2) is 52.3 Å². The molecule has 0 radical (unpaired) electrons. The predicted octanol–water partition coefficient (Wildman–Crippen LogP) is 7.76. The van der Waals surface area contributed by atoms with E-state index in [9.17, 15) is 10.3 Å². The SMILES string of the molecule is C=C1CC[C@@H](O)C/C1=C/C=C1\CCC[C@]2(C)C([C@H](C)CCC/C(=N\O)C(C)(C)C)=CCC12. The van der Waals surface area contributed by atoms with Crippen LogP contribution in [-0.4, -0.2) is 22.1 Å². The molecule has 32 heavy (non-hydrogen) atoms. The summed E-state index contributed by atoms with van der Waals surface area (Å²) in [7, 11) is 0. The highest BCUT2D eigenvalue weighted by atomic mass is 16.4. The van der Waals surface area contributed by atoms with Gasteiger partial charge in [-0.3, -0.25) is 0 Å². The Labute approximate surface area is 196 Å². The number of aliphatic hydroxyl groups is 1. The van der Waals surface area contributed by atoms with Gasteiger partial charge in [-0.05, 0) is 87.0 Å². The van der Waals surface area contributed by atoms with Crippen molar-refractivity contribution in [3.63, 3.8) is 0 Å². The summed E-state index contributed by atoms with van der Waals surface area (Å²) in [5, 5.41) is 23.0. The molecule has 2 N–H and O–H groups in total. The molecule has 0 spiro atoms. The molecular weight excluding hydrogens is 394 g/mol. The summed E-state index contributed by atoms with van der Waals surface area (Å²) < 4.78 is 0. The summed E-state index contributed by atoms with van der Waals surface area (Å²) in [6.45, 7) is 15.5. The number of aliphatic hydroxyl groups excluding tert-OH is 1. The van der Waals surface area contributed by atoms with Gasteiger partial charge in [-0.1, -0.05) is 81.3 Å². The van der Waals surface area contributed by atoms with Crippen LogP contribution in [0.3, 0.4) is 0 Å². The molecule has 0 bridgehead atoms. The zero-order valence-electron chi connectivity index (χ0n) is 21.1. The lowest BCUT2D eigenvalue weighted by Gasteiger charge is -2.42. The van der Waals surface area contributed by atoms with Crippen LogP contribution >= 0.6 is 0 Å². The fourth-order valence-corrected chi connectivity index (χ4v) is 6.32. The van der Waals surface area contributed by atoms with Gasteiger partial charge in [0.25, 0.3) is 0 Å². The van der Waals surface area contributed by atoms with E-state index in [1.54, 1.807) is 11.1 Å². The molecular formula is C29H45NO2. The molecule has 4 atom stereocenters. The zero-order valence-corrected chi connectivity index (χ0v) is 21.1. The van der Waals surface area contributed by atoms with Crippen LogP contribution in [0.5, 0.6) is 0 Å². The Balaban J connectivity index is 1.66. The first kappa shape index (κ1) is 25.0. The van der Waals surface area contributed by atoms with Crippen molar-refractivity contribution in [1.29, 1.82) is 0 Å². The summed E-state index contributed by atoms with van der Waals surface area (Å²) in [4.78, 5) is 0. The zero-order chi connectivity index (χ0) is 23.5. The lowest BCUT2D eigenvalue weighted by atomic mass is 9.62.